The molecule has 0 amide bonds. The van der Waals surface area contributed by atoms with Crippen LogP contribution in [0.15, 0.2) is 4.99 Å². The van der Waals surface area contributed by atoms with Gasteiger partial charge in [-0.3, -0.25) is 4.99 Å². The first-order chi connectivity index (χ1) is 6.62. The minimum absolute atomic E-state index is 0.0782. The van der Waals surface area contributed by atoms with Crippen molar-refractivity contribution in [2.45, 2.75) is 19.4 Å². The van der Waals surface area contributed by atoms with Crippen LogP contribution in [-0.2, 0) is 4.79 Å². The van der Waals surface area contributed by atoms with Crippen LogP contribution in [0.2, 0.25) is 0 Å². The number of rotatable bonds is 2. The molecule has 1 saturated heterocycles. The fourth-order valence-electron chi connectivity index (χ4n) is 1.83. The highest BCUT2D eigenvalue weighted by atomic mass is 32.2. The highest BCUT2D eigenvalue weighted by Crippen LogP contribution is 2.36. The Labute approximate surface area is 87.2 Å². The standard InChI is InChI=1S/C9H14N2O2S/c1-9(2-3-10-5-9)8-11-6(4-14-8)7(12)13/h6,10H,2-5H2,1H3,(H,12,13)/t6-,9?/m1/s1. The third kappa shape index (κ3) is 1.66. The lowest BCUT2D eigenvalue weighted by molar-refractivity contribution is -0.137. The number of carbonyl (C=O) groups is 1. The number of thioether (sulfide) groups is 1. The lowest BCUT2D eigenvalue weighted by Crippen LogP contribution is -2.27. The van der Waals surface area contributed by atoms with Gasteiger partial charge < -0.3 is 10.4 Å². The summed E-state index contributed by atoms with van der Waals surface area (Å²) < 4.78 is 0. The van der Waals surface area contributed by atoms with E-state index >= 15 is 0 Å². The average molecular weight is 214 g/mol. The summed E-state index contributed by atoms with van der Waals surface area (Å²) in [6, 6.07) is -0.521. The number of nitrogens with one attached hydrogen (secondary N) is 1. The Balaban J connectivity index is 2.12. The summed E-state index contributed by atoms with van der Waals surface area (Å²) in [7, 11) is 0. The van der Waals surface area contributed by atoms with Gasteiger partial charge in [-0.15, -0.1) is 11.8 Å². The first-order valence-electron chi connectivity index (χ1n) is 4.76. The normalized spacial score (nSPS) is 37.2. The van der Waals surface area contributed by atoms with Crippen molar-refractivity contribution in [2.75, 3.05) is 18.8 Å². The van der Waals surface area contributed by atoms with Gasteiger partial charge in [0.15, 0.2) is 6.04 Å². The van der Waals surface area contributed by atoms with Crippen molar-refractivity contribution in [2.24, 2.45) is 10.4 Å². The molecule has 2 aliphatic heterocycles. The van der Waals surface area contributed by atoms with Crippen LogP contribution in [0.5, 0.6) is 0 Å². The SMILES string of the molecule is CC1(C2=N[C@@H](C(=O)O)CS2)CCNC1. The molecular weight excluding hydrogens is 200 g/mol. The minimum Gasteiger partial charge on any atom is -0.480 e. The van der Waals surface area contributed by atoms with Gasteiger partial charge in [0.1, 0.15) is 0 Å². The maximum Gasteiger partial charge on any atom is 0.329 e. The van der Waals surface area contributed by atoms with E-state index in [1.165, 1.54) is 0 Å². The van der Waals surface area contributed by atoms with Gasteiger partial charge in [0.2, 0.25) is 0 Å². The Morgan fingerprint density at radius 2 is 2.57 bits per heavy atom. The number of aliphatic carboxylic acids is 1. The summed E-state index contributed by atoms with van der Waals surface area (Å²) in [6.45, 7) is 4.09. The molecule has 1 fully saturated rings. The minimum atomic E-state index is -0.804. The number of nitrogens with zero attached hydrogens (tertiary/aromatic N) is 1. The highest BCUT2D eigenvalue weighted by molar-refractivity contribution is 8.14. The van der Waals surface area contributed by atoms with Crippen molar-refractivity contribution >= 4 is 22.8 Å². The van der Waals surface area contributed by atoms with E-state index in [-0.39, 0.29) is 5.41 Å². The fourth-order valence-corrected chi connectivity index (χ4v) is 3.09. The van der Waals surface area contributed by atoms with E-state index < -0.39 is 12.0 Å². The molecule has 0 aromatic carbocycles. The lowest BCUT2D eigenvalue weighted by Gasteiger charge is -2.21. The molecule has 0 saturated carbocycles. The molecule has 0 aromatic heterocycles. The zero-order chi connectivity index (χ0) is 10.2. The summed E-state index contributed by atoms with van der Waals surface area (Å²) in [5, 5.41) is 13.1. The van der Waals surface area contributed by atoms with Gasteiger partial charge in [0.05, 0.1) is 5.04 Å². The molecule has 2 atom stereocenters. The zero-order valence-corrected chi connectivity index (χ0v) is 8.93. The van der Waals surface area contributed by atoms with E-state index in [1.54, 1.807) is 11.8 Å². The molecule has 2 N–H and O–H groups in total. The average Bonchev–Trinajstić information content (AvgIpc) is 2.71. The van der Waals surface area contributed by atoms with Crippen LogP contribution >= 0.6 is 11.8 Å². The molecule has 2 rings (SSSR count). The quantitative estimate of drug-likeness (QED) is 0.706. The van der Waals surface area contributed by atoms with E-state index in [9.17, 15) is 4.79 Å². The number of carboxylic acid groups (broad SMARTS) is 1. The second kappa shape index (κ2) is 3.55. The zero-order valence-electron chi connectivity index (χ0n) is 8.12. The maximum absolute atomic E-state index is 10.7. The smallest absolute Gasteiger partial charge is 0.329 e. The van der Waals surface area contributed by atoms with Gasteiger partial charge in [0, 0.05) is 17.7 Å². The summed E-state index contributed by atoms with van der Waals surface area (Å²) in [5.41, 5.74) is 0.0782. The molecule has 0 radical (unpaired) electrons. The third-order valence-electron chi connectivity index (χ3n) is 2.82. The predicted molar refractivity (Wildman–Crippen MR) is 56.9 cm³/mol. The summed E-state index contributed by atoms with van der Waals surface area (Å²) in [5.74, 6) is -0.206. The van der Waals surface area contributed by atoms with E-state index in [2.05, 4.69) is 17.2 Å². The molecule has 0 aromatic rings. The van der Waals surface area contributed by atoms with Crippen molar-refractivity contribution in [1.29, 1.82) is 0 Å². The second-order valence-corrected chi connectivity index (χ2v) is 5.10. The Bertz CT molecular complexity index is 285. The molecule has 0 spiro atoms. The highest BCUT2D eigenvalue weighted by Gasteiger charge is 2.38. The molecule has 5 heteroatoms. The van der Waals surface area contributed by atoms with Gasteiger partial charge in [-0.2, -0.15) is 0 Å². The summed E-state index contributed by atoms with van der Waals surface area (Å²) in [4.78, 5) is 15.0. The van der Waals surface area contributed by atoms with Crippen LogP contribution in [0, 0.1) is 5.41 Å². The van der Waals surface area contributed by atoms with Crippen LogP contribution in [0.1, 0.15) is 13.3 Å². The lowest BCUT2D eigenvalue weighted by atomic mass is 9.91. The molecule has 2 heterocycles. The molecule has 0 aliphatic carbocycles. The van der Waals surface area contributed by atoms with Crippen LogP contribution in [0.3, 0.4) is 0 Å². The molecular formula is C9H14N2O2S. The first kappa shape index (κ1) is 9.98. The predicted octanol–water partition coefficient (Wildman–Crippen LogP) is 0.585. The number of hydrogen-bond acceptors (Lipinski definition) is 4. The van der Waals surface area contributed by atoms with Gasteiger partial charge in [-0.1, -0.05) is 6.92 Å². The van der Waals surface area contributed by atoms with E-state index in [1.807, 2.05) is 0 Å². The van der Waals surface area contributed by atoms with E-state index in [0.29, 0.717) is 5.75 Å². The van der Waals surface area contributed by atoms with Gasteiger partial charge in [-0.25, -0.2) is 4.79 Å². The van der Waals surface area contributed by atoms with Crippen molar-refractivity contribution in [3.05, 3.63) is 0 Å². The Kier molecular flexibility index (Phi) is 2.53. The monoisotopic (exact) mass is 214 g/mol. The molecule has 4 nitrogen and oxygen atoms in total. The molecule has 14 heavy (non-hydrogen) atoms. The van der Waals surface area contributed by atoms with Gasteiger partial charge >= 0.3 is 5.97 Å². The van der Waals surface area contributed by atoms with Crippen LogP contribution in [0.25, 0.3) is 0 Å². The van der Waals surface area contributed by atoms with Crippen molar-refractivity contribution in [1.82, 2.24) is 5.32 Å². The van der Waals surface area contributed by atoms with E-state index in [0.717, 1.165) is 24.6 Å². The summed E-state index contributed by atoms with van der Waals surface area (Å²) >= 11 is 1.60. The molecule has 0 bridgehead atoms. The van der Waals surface area contributed by atoms with E-state index in [4.69, 9.17) is 5.11 Å². The molecule has 2 aliphatic rings. The molecule has 78 valence electrons. The number of hydrogen-bond donors (Lipinski definition) is 2. The van der Waals surface area contributed by atoms with Gasteiger partial charge in [0.25, 0.3) is 0 Å². The molecule has 1 unspecified atom stereocenters. The van der Waals surface area contributed by atoms with Crippen molar-refractivity contribution in [3.8, 4) is 0 Å². The summed E-state index contributed by atoms with van der Waals surface area (Å²) in [6.07, 6.45) is 1.06. The topological polar surface area (TPSA) is 61.7 Å². The third-order valence-corrected chi connectivity index (χ3v) is 4.18. The Morgan fingerprint density at radius 3 is 3.07 bits per heavy atom. The Morgan fingerprint density at radius 1 is 1.79 bits per heavy atom. The van der Waals surface area contributed by atoms with Crippen LogP contribution in [0.4, 0.5) is 0 Å². The number of carboxylic acids is 1. The first-order valence-corrected chi connectivity index (χ1v) is 5.75. The Hall–Kier alpha value is -0.550. The van der Waals surface area contributed by atoms with Crippen molar-refractivity contribution in [3.63, 3.8) is 0 Å². The largest absolute Gasteiger partial charge is 0.480 e. The van der Waals surface area contributed by atoms with Crippen LogP contribution < -0.4 is 5.32 Å². The van der Waals surface area contributed by atoms with Gasteiger partial charge in [-0.05, 0) is 13.0 Å². The number of aliphatic imine (C=N–C) groups is 1. The second-order valence-electron chi connectivity index (χ2n) is 4.09. The van der Waals surface area contributed by atoms with Crippen molar-refractivity contribution < 1.29 is 9.90 Å². The maximum atomic E-state index is 10.7. The fraction of sp³-hybridized carbons (Fsp3) is 0.778. The van der Waals surface area contributed by atoms with Crippen LogP contribution in [-0.4, -0.2) is 41.0 Å².